The number of hydrogen-bond donors (Lipinski definition) is 4. The van der Waals surface area contributed by atoms with Crippen molar-refractivity contribution in [2.24, 2.45) is 4.99 Å². The third kappa shape index (κ3) is 6.60. The van der Waals surface area contributed by atoms with Gasteiger partial charge in [-0.2, -0.15) is 0 Å². The fraction of sp³-hybridized carbons (Fsp3) is 0.478. The molecule has 2 aliphatic rings. The molecule has 1 unspecified atom stereocenters. The number of amides is 1. The first-order valence-electron chi connectivity index (χ1n) is 12.1. The third-order valence-corrected chi connectivity index (χ3v) is 6.14. The smallest absolute Gasteiger partial charge is 0.414 e. The number of carbonyl (C=O) groups excluding carboxylic acids is 1. The normalized spacial score (nSPS) is 23.4. The topological polar surface area (TPSA) is 202 Å². The van der Waals surface area contributed by atoms with E-state index in [0.29, 0.717) is 5.56 Å². The summed E-state index contributed by atoms with van der Waals surface area (Å²) < 4.78 is 19.0. The van der Waals surface area contributed by atoms with Crippen LogP contribution in [0.5, 0.6) is 0 Å². The second-order valence-electron chi connectivity index (χ2n) is 8.88. The standard InChI is InChI=1S/C23H29N7O9/c1-3-7-38-23(36)27-20(28-6-8-37-18(12-28)29-5-4-16(32)25-21(29)34)24-10-15-14(31)9-17(39-15)30-11-13(2)19(33)26-22(30)35/h3-5,11,14-15,17-18,31H,1,6-10,12H2,2H3,(H,24,27,36)(H,25,32,34)(H,26,33,35)/t14-,15+,17+,18?/m0/s1. The summed E-state index contributed by atoms with van der Waals surface area (Å²) >= 11 is 0. The van der Waals surface area contributed by atoms with E-state index in [1.807, 2.05) is 0 Å². The van der Waals surface area contributed by atoms with Crippen LogP contribution in [0.25, 0.3) is 0 Å². The van der Waals surface area contributed by atoms with Gasteiger partial charge in [0.15, 0.2) is 6.23 Å². The summed E-state index contributed by atoms with van der Waals surface area (Å²) in [5, 5.41) is 13.2. The van der Waals surface area contributed by atoms with Crippen molar-refractivity contribution in [1.82, 2.24) is 29.3 Å². The number of nitrogens with one attached hydrogen (secondary N) is 3. The molecule has 0 radical (unpaired) electrons. The summed E-state index contributed by atoms with van der Waals surface area (Å²) in [4.78, 5) is 70.4. The molecule has 2 fully saturated rings. The van der Waals surface area contributed by atoms with Gasteiger partial charge in [0, 0.05) is 37.0 Å². The minimum atomic E-state index is -0.996. The van der Waals surface area contributed by atoms with Crippen molar-refractivity contribution in [2.75, 3.05) is 32.8 Å². The van der Waals surface area contributed by atoms with E-state index in [0.717, 1.165) is 0 Å². The summed E-state index contributed by atoms with van der Waals surface area (Å²) in [5.41, 5.74) is -2.08. The van der Waals surface area contributed by atoms with Gasteiger partial charge in [-0.15, -0.1) is 0 Å². The van der Waals surface area contributed by atoms with Crippen LogP contribution in [0.3, 0.4) is 0 Å². The van der Waals surface area contributed by atoms with Gasteiger partial charge >= 0.3 is 17.5 Å². The molecule has 4 rings (SSSR count). The predicted molar refractivity (Wildman–Crippen MR) is 135 cm³/mol. The molecular weight excluding hydrogens is 518 g/mol. The largest absolute Gasteiger partial charge is 0.445 e. The summed E-state index contributed by atoms with van der Waals surface area (Å²) in [5.74, 6) is 0.0751. The van der Waals surface area contributed by atoms with Crippen LogP contribution in [0.1, 0.15) is 24.4 Å². The zero-order chi connectivity index (χ0) is 28.1. The van der Waals surface area contributed by atoms with Crippen LogP contribution in [0.4, 0.5) is 4.79 Å². The highest BCUT2D eigenvalue weighted by Crippen LogP contribution is 2.28. The number of guanidine groups is 1. The number of nitrogens with zero attached hydrogens (tertiary/aromatic N) is 4. The number of carbonyl (C=O) groups is 1. The van der Waals surface area contributed by atoms with Crippen molar-refractivity contribution in [2.45, 2.75) is 38.0 Å². The summed E-state index contributed by atoms with van der Waals surface area (Å²) in [7, 11) is 0. The zero-order valence-corrected chi connectivity index (χ0v) is 21.1. The van der Waals surface area contributed by atoms with E-state index >= 15 is 0 Å². The lowest BCUT2D eigenvalue weighted by molar-refractivity contribution is -0.0533. The Bertz CT molecular complexity index is 1470. The lowest BCUT2D eigenvalue weighted by Gasteiger charge is -2.35. The maximum Gasteiger partial charge on any atom is 0.414 e. The van der Waals surface area contributed by atoms with Gasteiger partial charge in [0.05, 0.1) is 25.8 Å². The Balaban J connectivity index is 1.53. The van der Waals surface area contributed by atoms with Crippen LogP contribution in [-0.4, -0.2) is 86.2 Å². The monoisotopic (exact) mass is 547 g/mol. The molecule has 4 atom stereocenters. The molecule has 4 N–H and O–H groups in total. The van der Waals surface area contributed by atoms with E-state index in [2.05, 4.69) is 26.9 Å². The maximum absolute atomic E-state index is 12.3. The number of aliphatic hydroxyl groups is 1. The fourth-order valence-electron chi connectivity index (χ4n) is 4.15. The van der Waals surface area contributed by atoms with Crippen LogP contribution in [-0.2, 0) is 14.2 Å². The van der Waals surface area contributed by atoms with Crippen LogP contribution in [0.15, 0.2) is 55.3 Å². The Kier molecular flexibility index (Phi) is 8.58. The molecule has 0 aromatic carbocycles. The Hall–Kier alpha value is -4.28. The van der Waals surface area contributed by atoms with Crippen LogP contribution < -0.4 is 27.8 Å². The highest BCUT2D eigenvalue weighted by molar-refractivity contribution is 5.94. The van der Waals surface area contributed by atoms with Gasteiger partial charge in [-0.25, -0.2) is 19.4 Å². The molecule has 2 aromatic heterocycles. The summed E-state index contributed by atoms with van der Waals surface area (Å²) in [6.07, 6.45) is -0.140. The van der Waals surface area contributed by atoms with Crippen molar-refractivity contribution in [1.29, 1.82) is 0 Å². The number of aliphatic hydroxyl groups excluding tert-OH is 1. The Morgan fingerprint density at radius 3 is 2.77 bits per heavy atom. The van der Waals surface area contributed by atoms with Crippen LogP contribution in [0.2, 0.25) is 0 Å². The number of aliphatic imine (C=N–C) groups is 1. The molecule has 0 bridgehead atoms. The van der Waals surface area contributed by atoms with Crippen molar-refractivity contribution in [3.8, 4) is 0 Å². The lowest BCUT2D eigenvalue weighted by atomic mass is 10.2. The molecule has 210 valence electrons. The fourth-order valence-corrected chi connectivity index (χ4v) is 4.15. The zero-order valence-electron chi connectivity index (χ0n) is 21.1. The molecule has 4 heterocycles. The summed E-state index contributed by atoms with van der Waals surface area (Å²) in [6.45, 7) is 5.42. The van der Waals surface area contributed by atoms with Gasteiger partial charge in [-0.1, -0.05) is 12.7 Å². The number of rotatable bonds is 6. The van der Waals surface area contributed by atoms with Crippen molar-refractivity contribution >= 4 is 12.1 Å². The first-order valence-corrected chi connectivity index (χ1v) is 12.1. The van der Waals surface area contributed by atoms with Gasteiger partial charge in [-0.05, 0) is 6.92 Å². The number of alkyl carbamates (subject to hydrolysis) is 1. The Morgan fingerprint density at radius 2 is 2.03 bits per heavy atom. The van der Waals surface area contributed by atoms with Gasteiger partial charge in [0.2, 0.25) is 5.96 Å². The van der Waals surface area contributed by atoms with E-state index in [4.69, 9.17) is 14.2 Å². The molecule has 2 aliphatic heterocycles. The second kappa shape index (κ2) is 12.1. The molecule has 2 aromatic rings. The van der Waals surface area contributed by atoms with E-state index in [1.165, 1.54) is 33.7 Å². The molecule has 39 heavy (non-hydrogen) atoms. The van der Waals surface area contributed by atoms with E-state index in [1.54, 1.807) is 11.8 Å². The third-order valence-electron chi connectivity index (χ3n) is 6.14. The van der Waals surface area contributed by atoms with Gasteiger partial charge in [-0.3, -0.25) is 34.0 Å². The molecule has 0 saturated carbocycles. The van der Waals surface area contributed by atoms with Gasteiger partial charge in [0.1, 0.15) is 18.9 Å². The summed E-state index contributed by atoms with van der Waals surface area (Å²) in [6, 6.07) is 1.19. The average Bonchev–Trinajstić information content (AvgIpc) is 3.27. The number of aryl methyl sites for hydroxylation is 1. The van der Waals surface area contributed by atoms with Crippen LogP contribution >= 0.6 is 0 Å². The molecule has 1 amide bonds. The number of aromatic amines is 2. The maximum atomic E-state index is 12.3. The number of ether oxygens (including phenoxy) is 3. The van der Waals surface area contributed by atoms with Crippen molar-refractivity contribution in [3.63, 3.8) is 0 Å². The highest BCUT2D eigenvalue weighted by atomic mass is 16.5. The van der Waals surface area contributed by atoms with E-state index < -0.39 is 53.3 Å². The van der Waals surface area contributed by atoms with Crippen LogP contribution in [0, 0.1) is 6.92 Å². The molecule has 16 heteroatoms. The number of H-pyrrole nitrogens is 2. The molecule has 2 saturated heterocycles. The van der Waals surface area contributed by atoms with Crippen molar-refractivity contribution < 1.29 is 24.1 Å². The second-order valence-corrected chi connectivity index (χ2v) is 8.88. The highest BCUT2D eigenvalue weighted by Gasteiger charge is 2.36. The first kappa shape index (κ1) is 27.7. The molecule has 0 spiro atoms. The predicted octanol–water partition coefficient (Wildman–Crippen LogP) is -1.86. The average molecular weight is 548 g/mol. The van der Waals surface area contributed by atoms with Gasteiger partial charge < -0.3 is 24.2 Å². The van der Waals surface area contributed by atoms with Crippen molar-refractivity contribution in [3.05, 3.63) is 78.4 Å². The Labute approximate surface area is 220 Å². The van der Waals surface area contributed by atoms with E-state index in [9.17, 15) is 29.1 Å². The van der Waals surface area contributed by atoms with E-state index in [-0.39, 0.29) is 45.2 Å². The SMILES string of the molecule is C=CCOC(=O)NC(=NC[C@H]1O[C@@H](n2cc(C)c(=O)[nH]c2=O)C[C@@H]1O)N1CCOC(n2ccc(=O)[nH]c2=O)C1. The quantitative estimate of drug-likeness (QED) is 0.180. The Morgan fingerprint density at radius 1 is 1.26 bits per heavy atom. The molecule has 0 aliphatic carbocycles. The number of hydrogen-bond acceptors (Lipinski definition) is 10. The molecule has 16 nitrogen and oxygen atoms in total. The van der Waals surface area contributed by atoms with Gasteiger partial charge in [0.25, 0.3) is 11.1 Å². The lowest BCUT2D eigenvalue weighted by Crippen LogP contribution is -2.52. The first-order chi connectivity index (χ1) is 18.7. The number of aromatic nitrogens is 4. The minimum Gasteiger partial charge on any atom is -0.445 e. The number of morpholine rings is 1. The minimum absolute atomic E-state index is 0.0446. The molecular formula is C23H29N7O9.